The quantitative estimate of drug-likeness (QED) is 0.407. The predicted octanol–water partition coefficient (Wildman–Crippen LogP) is -0.244. The maximum atomic E-state index is 10.1. The van der Waals surface area contributed by atoms with Crippen molar-refractivity contribution in [2.24, 2.45) is 5.92 Å². The van der Waals surface area contributed by atoms with Gasteiger partial charge in [0.05, 0.1) is 26.8 Å². The first-order valence-corrected chi connectivity index (χ1v) is 3.13. The highest BCUT2D eigenvalue weighted by Gasteiger charge is 2.23. The van der Waals surface area contributed by atoms with Gasteiger partial charge >= 0.3 is 0 Å². The average molecular weight is 146 g/mol. The van der Waals surface area contributed by atoms with Gasteiger partial charge in [0.1, 0.15) is 0 Å². The number of ether oxygens (including phenoxy) is 1. The molecule has 5 nitrogen and oxygen atoms in total. The zero-order chi connectivity index (χ0) is 7.56. The molecule has 0 atom stereocenters. The summed E-state index contributed by atoms with van der Waals surface area (Å²) >= 11 is 0. The van der Waals surface area contributed by atoms with Crippen molar-refractivity contribution < 1.29 is 9.77 Å². The van der Waals surface area contributed by atoms with Crippen LogP contribution in [0.3, 0.4) is 0 Å². The Balaban J connectivity index is 2.16. The number of rotatable bonds is 3. The molecule has 1 heterocycles. The molecule has 0 unspecified atom stereocenters. The summed E-state index contributed by atoms with van der Waals surface area (Å²) < 4.78 is 4.87. The maximum Gasteiger partial charge on any atom is 0.159 e. The molecule has 5 heteroatoms. The van der Waals surface area contributed by atoms with E-state index < -0.39 is 5.03 Å². The molecular weight excluding hydrogens is 136 g/mol. The summed E-state index contributed by atoms with van der Waals surface area (Å²) in [6.07, 6.45) is 0. The Morgan fingerprint density at radius 2 is 2.40 bits per heavy atom. The maximum absolute atomic E-state index is 10.1. The summed E-state index contributed by atoms with van der Waals surface area (Å²) in [4.78, 5) is 10.1. The summed E-state index contributed by atoms with van der Waals surface area (Å²) in [6, 6.07) is 0. The first-order chi connectivity index (χ1) is 4.70. The number of hydrogen-bond acceptors (Lipinski definition) is 3. The van der Waals surface area contributed by atoms with E-state index in [2.05, 4.69) is 0 Å². The molecule has 0 N–H and O–H groups in total. The molecule has 1 aliphatic heterocycles. The van der Waals surface area contributed by atoms with Crippen LogP contribution >= 0.6 is 0 Å². The lowest BCUT2D eigenvalue weighted by Crippen LogP contribution is -2.40. The lowest BCUT2D eigenvalue weighted by molar-refractivity contribution is -0.651. The highest BCUT2D eigenvalue weighted by atomic mass is 16.7. The number of nitrogens with zero attached hydrogens (tertiary/aromatic N) is 2. The van der Waals surface area contributed by atoms with E-state index in [4.69, 9.17) is 4.74 Å². The second-order valence-electron chi connectivity index (χ2n) is 2.48. The van der Waals surface area contributed by atoms with Crippen LogP contribution in [-0.2, 0) is 4.74 Å². The Labute approximate surface area is 58.7 Å². The van der Waals surface area contributed by atoms with Gasteiger partial charge in [0.2, 0.25) is 0 Å². The van der Waals surface area contributed by atoms with Gasteiger partial charge in [-0.2, -0.15) is 0 Å². The Kier molecular flexibility index (Phi) is 2.06. The van der Waals surface area contributed by atoms with Crippen LogP contribution in [0.5, 0.6) is 0 Å². The molecule has 1 fully saturated rings. The Morgan fingerprint density at radius 3 is 2.70 bits per heavy atom. The van der Waals surface area contributed by atoms with Crippen molar-refractivity contribution in [2.75, 3.05) is 26.8 Å². The monoisotopic (exact) mass is 146 g/mol. The van der Waals surface area contributed by atoms with Crippen LogP contribution in [0, 0.1) is 16.0 Å². The standard InChI is InChI=1S/C5H10N2O3/c1-6(7(8)9)2-5-3-10-4-5/h5H,2-4H2,1H3. The summed E-state index contributed by atoms with van der Waals surface area (Å²) in [5, 5.41) is 10.8. The van der Waals surface area contributed by atoms with Crippen LogP contribution in [0.1, 0.15) is 0 Å². The number of nitro groups is 1. The Bertz CT molecular complexity index is 135. The van der Waals surface area contributed by atoms with Gasteiger partial charge in [0.25, 0.3) is 0 Å². The molecule has 0 bridgehead atoms. The van der Waals surface area contributed by atoms with Crippen molar-refractivity contribution in [3.05, 3.63) is 10.1 Å². The van der Waals surface area contributed by atoms with E-state index in [0.29, 0.717) is 25.7 Å². The van der Waals surface area contributed by atoms with Crippen molar-refractivity contribution in [3.8, 4) is 0 Å². The van der Waals surface area contributed by atoms with Gasteiger partial charge in [0.15, 0.2) is 5.03 Å². The highest BCUT2D eigenvalue weighted by molar-refractivity contribution is 4.65. The van der Waals surface area contributed by atoms with Crippen molar-refractivity contribution in [3.63, 3.8) is 0 Å². The van der Waals surface area contributed by atoms with Crippen LogP contribution in [0.4, 0.5) is 0 Å². The van der Waals surface area contributed by atoms with Crippen LogP contribution in [0.2, 0.25) is 0 Å². The van der Waals surface area contributed by atoms with Gasteiger partial charge < -0.3 is 4.74 Å². The van der Waals surface area contributed by atoms with Gasteiger partial charge in [-0.25, -0.2) is 10.1 Å². The summed E-state index contributed by atoms with van der Waals surface area (Å²) in [5.41, 5.74) is 0. The van der Waals surface area contributed by atoms with E-state index in [0.717, 1.165) is 5.01 Å². The van der Waals surface area contributed by atoms with E-state index >= 15 is 0 Å². The molecule has 0 amide bonds. The lowest BCUT2D eigenvalue weighted by Gasteiger charge is -2.26. The van der Waals surface area contributed by atoms with Crippen LogP contribution in [0.25, 0.3) is 0 Å². The molecule has 1 saturated heterocycles. The van der Waals surface area contributed by atoms with Gasteiger partial charge in [-0.05, 0) is 0 Å². The molecule has 0 radical (unpaired) electrons. The molecule has 0 saturated carbocycles. The third kappa shape index (κ3) is 1.57. The van der Waals surface area contributed by atoms with Crippen molar-refractivity contribution in [1.82, 2.24) is 5.01 Å². The molecule has 0 spiro atoms. The zero-order valence-electron chi connectivity index (χ0n) is 5.82. The van der Waals surface area contributed by atoms with E-state index in [9.17, 15) is 10.1 Å². The Hall–Kier alpha value is -0.840. The van der Waals surface area contributed by atoms with Gasteiger partial charge in [-0.1, -0.05) is 0 Å². The normalized spacial score (nSPS) is 18.1. The first-order valence-electron chi connectivity index (χ1n) is 3.13. The fourth-order valence-electron chi connectivity index (χ4n) is 0.830. The topological polar surface area (TPSA) is 55.6 Å². The van der Waals surface area contributed by atoms with Crippen LogP contribution < -0.4 is 0 Å². The molecule has 1 rings (SSSR count). The number of hydrazine groups is 1. The average Bonchev–Trinajstić information content (AvgIpc) is 1.77. The minimum Gasteiger partial charge on any atom is -0.381 e. The van der Waals surface area contributed by atoms with Gasteiger partial charge in [-0.3, -0.25) is 0 Å². The van der Waals surface area contributed by atoms with E-state index in [1.807, 2.05) is 0 Å². The molecular formula is C5H10N2O3. The van der Waals surface area contributed by atoms with Crippen molar-refractivity contribution >= 4 is 0 Å². The molecule has 1 aliphatic rings. The molecule has 0 aromatic carbocycles. The van der Waals surface area contributed by atoms with Gasteiger partial charge in [0, 0.05) is 5.92 Å². The van der Waals surface area contributed by atoms with Crippen LogP contribution in [0.15, 0.2) is 0 Å². The number of hydrogen-bond donors (Lipinski definition) is 0. The minimum absolute atomic E-state index is 0.357. The zero-order valence-corrected chi connectivity index (χ0v) is 5.82. The second-order valence-corrected chi connectivity index (χ2v) is 2.48. The molecule has 10 heavy (non-hydrogen) atoms. The van der Waals surface area contributed by atoms with Crippen molar-refractivity contribution in [2.45, 2.75) is 0 Å². The molecule has 0 aromatic rings. The minimum atomic E-state index is -0.404. The molecule has 0 aliphatic carbocycles. The third-order valence-corrected chi connectivity index (χ3v) is 1.51. The highest BCUT2D eigenvalue weighted by Crippen LogP contribution is 2.10. The van der Waals surface area contributed by atoms with E-state index in [-0.39, 0.29) is 0 Å². The largest absolute Gasteiger partial charge is 0.381 e. The predicted molar refractivity (Wildman–Crippen MR) is 33.9 cm³/mol. The summed E-state index contributed by atoms with van der Waals surface area (Å²) in [6.45, 7) is 1.82. The Morgan fingerprint density at radius 1 is 1.80 bits per heavy atom. The molecule has 0 aromatic heterocycles. The lowest BCUT2D eigenvalue weighted by atomic mass is 10.1. The van der Waals surface area contributed by atoms with Gasteiger partial charge in [-0.15, -0.1) is 5.01 Å². The van der Waals surface area contributed by atoms with E-state index in [1.165, 1.54) is 7.05 Å². The third-order valence-electron chi connectivity index (χ3n) is 1.51. The second kappa shape index (κ2) is 2.83. The fourth-order valence-corrected chi connectivity index (χ4v) is 0.830. The van der Waals surface area contributed by atoms with Crippen LogP contribution in [-0.4, -0.2) is 36.8 Å². The first kappa shape index (κ1) is 7.27. The van der Waals surface area contributed by atoms with E-state index in [1.54, 1.807) is 0 Å². The molecule has 58 valence electrons. The fraction of sp³-hybridized carbons (Fsp3) is 1.00. The summed E-state index contributed by atoms with van der Waals surface area (Å²) in [5.74, 6) is 0.357. The SMILES string of the molecule is CN(CC1COC1)[N+](=O)[O-]. The van der Waals surface area contributed by atoms with Crippen molar-refractivity contribution in [1.29, 1.82) is 0 Å². The smallest absolute Gasteiger partial charge is 0.159 e. The summed E-state index contributed by atoms with van der Waals surface area (Å²) in [7, 11) is 1.47.